The number of hydrogen-bond donors (Lipinski definition) is 0. The summed E-state index contributed by atoms with van der Waals surface area (Å²) < 4.78 is 49.7. The van der Waals surface area contributed by atoms with Crippen LogP contribution in [-0.2, 0) is 11.1 Å². The molecule has 0 radical (unpaired) electrons. The molecular weight excluding hydrogens is 228 g/mol. The molecule has 0 heterocycles. The second-order valence-corrected chi connectivity index (χ2v) is 3.18. The zero-order valence-electron chi connectivity index (χ0n) is 6.25. The fourth-order valence-corrected chi connectivity index (χ4v) is 0.991. The number of benzene rings is 1. The van der Waals surface area contributed by atoms with Crippen LogP contribution in [0.1, 0.15) is 0 Å². The number of rotatable bonds is 2. The van der Waals surface area contributed by atoms with Crippen LogP contribution in [0.3, 0.4) is 0 Å². The SMILES string of the molecule is O=S(Oc1ccccc1)C(F)(F)F.[NaH]. The van der Waals surface area contributed by atoms with E-state index in [9.17, 15) is 17.4 Å². The summed E-state index contributed by atoms with van der Waals surface area (Å²) in [7, 11) is 0. The molecule has 0 saturated carbocycles. The molecule has 2 nitrogen and oxygen atoms in total. The number of para-hydroxylation sites is 1. The van der Waals surface area contributed by atoms with E-state index in [1.165, 1.54) is 24.3 Å². The van der Waals surface area contributed by atoms with Gasteiger partial charge in [0, 0.05) is 0 Å². The molecule has 14 heavy (non-hydrogen) atoms. The molecule has 1 atom stereocenters. The second-order valence-electron chi connectivity index (χ2n) is 2.08. The molecule has 1 aromatic rings. The topological polar surface area (TPSA) is 26.3 Å². The van der Waals surface area contributed by atoms with Crippen LogP contribution in [0.25, 0.3) is 0 Å². The second kappa shape index (κ2) is 5.75. The van der Waals surface area contributed by atoms with Gasteiger partial charge in [-0.05, 0) is 12.1 Å². The van der Waals surface area contributed by atoms with E-state index in [-0.39, 0.29) is 35.3 Å². The predicted octanol–water partition coefficient (Wildman–Crippen LogP) is 1.60. The van der Waals surface area contributed by atoms with Crippen molar-refractivity contribution in [3.05, 3.63) is 30.3 Å². The third-order valence-corrected chi connectivity index (χ3v) is 1.83. The van der Waals surface area contributed by atoms with Gasteiger partial charge in [0.25, 0.3) is 0 Å². The van der Waals surface area contributed by atoms with Crippen molar-refractivity contribution in [2.45, 2.75) is 5.51 Å². The Kier molecular flexibility index (Phi) is 5.73. The number of alkyl halides is 3. The predicted molar refractivity (Wildman–Crippen MR) is 48.4 cm³/mol. The van der Waals surface area contributed by atoms with Crippen LogP contribution in [-0.4, -0.2) is 39.3 Å². The molecular formula is C7H6F3NaO2S. The van der Waals surface area contributed by atoms with E-state index in [0.29, 0.717) is 0 Å². The summed E-state index contributed by atoms with van der Waals surface area (Å²) in [6, 6.07) is 7.18. The van der Waals surface area contributed by atoms with Crippen molar-refractivity contribution >= 4 is 40.6 Å². The Hall–Kier alpha value is -0.0400. The molecule has 1 unspecified atom stereocenters. The maximum atomic E-state index is 11.7. The molecule has 0 N–H and O–H groups in total. The zero-order valence-corrected chi connectivity index (χ0v) is 7.06. The van der Waals surface area contributed by atoms with Gasteiger partial charge >= 0.3 is 46.1 Å². The molecule has 0 saturated heterocycles. The van der Waals surface area contributed by atoms with Gasteiger partial charge in [0.2, 0.25) is 0 Å². The first-order valence-electron chi connectivity index (χ1n) is 3.22. The average Bonchev–Trinajstić information content (AvgIpc) is 2.04. The molecule has 0 aliphatic carbocycles. The van der Waals surface area contributed by atoms with Gasteiger partial charge in [-0.2, -0.15) is 13.2 Å². The fraction of sp³-hybridized carbons (Fsp3) is 0.143. The van der Waals surface area contributed by atoms with Gasteiger partial charge in [-0.25, -0.2) is 4.21 Å². The molecule has 1 aromatic carbocycles. The van der Waals surface area contributed by atoms with Crippen LogP contribution >= 0.6 is 0 Å². The van der Waals surface area contributed by atoms with E-state index in [0.717, 1.165) is 0 Å². The van der Waals surface area contributed by atoms with E-state index in [2.05, 4.69) is 4.18 Å². The standard InChI is InChI=1S/C7H5F3O2S.Na.H/c8-7(9,10)13(11)12-6-4-2-1-3-5-6;;/h1-5H;;. The van der Waals surface area contributed by atoms with Gasteiger partial charge in [-0.1, -0.05) is 18.2 Å². The number of hydrogen-bond acceptors (Lipinski definition) is 2. The summed E-state index contributed by atoms with van der Waals surface area (Å²) in [4.78, 5) is 0. The minimum absolute atomic E-state index is 0. The van der Waals surface area contributed by atoms with Crippen LogP contribution in [0.15, 0.2) is 30.3 Å². The Morgan fingerprint density at radius 3 is 2.07 bits per heavy atom. The van der Waals surface area contributed by atoms with E-state index in [1.807, 2.05) is 0 Å². The van der Waals surface area contributed by atoms with E-state index < -0.39 is 16.6 Å². The van der Waals surface area contributed by atoms with Crippen molar-refractivity contribution in [2.75, 3.05) is 0 Å². The summed E-state index contributed by atoms with van der Waals surface area (Å²) in [6.07, 6.45) is 0. The molecule has 0 fully saturated rings. The molecule has 0 spiro atoms. The van der Waals surface area contributed by atoms with Crippen molar-refractivity contribution < 1.29 is 21.6 Å². The van der Waals surface area contributed by atoms with Crippen LogP contribution in [0, 0.1) is 0 Å². The van der Waals surface area contributed by atoms with E-state index in [1.54, 1.807) is 6.07 Å². The molecule has 0 aliphatic rings. The number of halogens is 3. The molecule has 0 bridgehead atoms. The maximum absolute atomic E-state index is 11.7. The minimum atomic E-state index is -4.84. The molecule has 74 valence electrons. The van der Waals surface area contributed by atoms with Crippen LogP contribution in [0.2, 0.25) is 0 Å². The summed E-state index contributed by atoms with van der Waals surface area (Å²) in [6.45, 7) is 0. The van der Waals surface area contributed by atoms with Gasteiger partial charge in [-0.3, -0.25) is 0 Å². The van der Waals surface area contributed by atoms with Crippen molar-refractivity contribution in [2.24, 2.45) is 0 Å². The van der Waals surface area contributed by atoms with Crippen LogP contribution in [0.4, 0.5) is 13.2 Å². The molecule has 7 heteroatoms. The Bertz CT molecular complexity index is 302. The first-order chi connectivity index (χ1) is 6.00. The monoisotopic (exact) mass is 234 g/mol. The average molecular weight is 234 g/mol. The Morgan fingerprint density at radius 1 is 1.14 bits per heavy atom. The van der Waals surface area contributed by atoms with Gasteiger partial charge in [0.1, 0.15) is 5.75 Å². The summed E-state index contributed by atoms with van der Waals surface area (Å²) in [5.41, 5.74) is -4.84. The summed E-state index contributed by atoms with van der Waals surface area (Å²) in [5.74, 6) is -0.0711. The summed E-state index contributed by atoms with van der Waals surface area (Å²) in [5, 5.41) is 0. The Labute approximate surface area is 103 Å². The van der Waals surface area contributed by atoms with Crippen molar-refractivity contribution in [3.8, 4) is 5.75 Å². The summed E-state index contributed by atoms with van der Waals surface area (Å²) >= 11 is -3.29. The van der Waals surface area contributed by atoms with Gasteiger partial charge in [0.05, 0.1) is 0 Å². The van der Waals surface area contributed by atoms with Crippen LogP contribution in [0.5, 0.6) is 5.75 Å². The normalized spacial score (nSPS) is 12.8. The van der Waals surface area contributed by atoms with E-state index in [4.69, 9.17) is 0 Å². The molecule has 0 aromatic heterocycles. The molecule has 1 rings (SSSR count). The first kappa shape index (κ1) is 14.0. The van der Waals surface area contributed by atoms with Crippen molar-refractivity contribution in [3.63, 3.8) is 0 Å². The third-order valence-electron chi connectivity index (χ3n) is 1.10. The Morgan fingerprint density at radius 2 is 1.64 bits per heavy atom. The van der Waals surface area contributed by atoms with Gasteiger partial charge in [-0.15, -0.1) is 0 Å². The van der Waals surface area contributed by atoms with Crippen LogP contribution < -0.4 is 4.18 Å². The fourth-order valence-electron chi connectivity index (χ4n) is 0.611. The van der Waals surface area contributed by atoms with Gasteiger partial charge in [0.15, 0.2) is 0 Å². The van der Waals surface area contributed by atoms with E-state index >= 15 is 0 Å². The quantitative estimate of drug-likeness (QED) is 0.726. The molecule has 0 aliphatic heterocycles. The van der Waals surface area contributed by atoms with Gasteiger partial charge < -0.3 is 4.18 Å². The van der Waals surface area contributed by atoms with Crippen molar-refractivity contribution in [1.29, 1.82) is 0 Å². The van der Waals surface area contributed by atoms with Crippen molar-refractivity contribution in [1.82, 2.24) is 0 Å². The Balaban J connectivity index is 0.00000169. The zero-order chi connectivity index (χ0) is 9.90. The first-order valence-corrected chi connectivity index (χ1v) is 4.29. The molecule has 0 amide bonds. The third kappa shape index (κ3) is 4.45.